The van der Waals surface area contributed by atoms with Crippen LogP contribution in [-0.2, 0) is 9.59 Å². The van der Waals surface area contributed by atoms with Crippen molar-refractivity contribution in [2.24, 2.45) is 0 Å². The molecular formula is C13H18Cl2N2O4. The van der Waals surface area contributed by atoms with Gasteiger partial charge in [-0.05, 0) is 25.2 Å². The second kappa shape index (κ2) is 10.3. The minimum Gasteiger partial charge on any atom is -0.492 e. The summed E-state index contributed by atoms with van der Waals surface area (Å²) in [6.45, 7) is 0.688. The largest absolute Gasteiger partial charge is 0.492 e. The number of benzene rings is 1. The van der Waals surface area contributed by atoms with Crippen LogP contribution in [0.25, 0.3) is 0 Å². The van der Waals surface area contributed by atoms with Gasteiger partial charge in [0.05, 0.1) is 6.54 Å². The summed E-state index contributed by atoms with van der Waals surface area (Å²) in [6.07, 6.45) is 0. The van der Waals surface area contributed by atoms with Gasteiger partial charge in [0.15, 0.2) is 0 Å². The van der Waals surface area contributed by atoms with Crippen LogP contribution in [0.1, 0.15) is 0 Å². The van der Waals surface area contributed by atoms with Crippen LogP contribution in [0.15, 0.2) is 24.3 Å². The van der Waals surface area contributed by atoms with Gasteiger partial charge in [0.2, 0.25) is 5.91 Å². The molecule has 8 heteroatoms. The van der Waals surface area contributed by atoms with Gasteiger partial charge >= 0.3 is 5.97 Å². The first-order chi connectivity index (χ1) is 9.47. The number of hydrogen-bond acceptors (Lipinski definition) is 4. The molecule has 0 saturated carbocycles. The van der Waals surface area contributed by atoms with Crippen LogP contribution in [-0.4, -0.2) is 55.2 Å². The van der Waals surface area contributed by atoms with E-state index in [1.807, 2.05) is 0 Å². The summed E-state index contributed by atoms with van der Waals surface area (Å²) in [5, 5.41) is 11.3. The van der Waals surface area contributed by atoms with Gasteiger partial charge in [0, 0.05) is 11.6 Å². The van der Waals surface area contributed by atoms with Gasteiger partial charge in [-0.25, -0.2) is 0 Å². The maximum absolute atomic E-state index is 11.4. The molecule has 21 heavy (non-hydrogen) atoms. The summed E-state index contributed by atoms with van der Waals surface area (Å²) in [4.78, 5) is 23.4. The van der Waals surface area contributed by atoms with Crippen LogP contribution in [0.2, 0.25) is 5.02 Å². The van der Waals surface area contributed by atoms with E-state index in [9.17, 15) is 9.59 Å². The van der Waals surface area contributed by atoms with E-state index in [4.69, 9.17) is 21.4 Å². The molecule has 1 rings (SSSR count). The van der Waals surface area contributed by atoms with Gasteiger partial charge in [0.25, 0.3) is 0 Å². The number of amides is 1. The molecule has 6 nitrogen and oxygen atoms in total. The van der Waals surface area contributed by atoms with E-state index in [1.165, 1.54) is 0 Å². The Balaban J connectivity index is 0.00000400. The van der Waals surface area contributed by atoms with Crippen molar-refractivity contribution in [1.29, 1.82) is 0 Å². The summed E-state index contributed by atoms with van der Waals surface area (Å²) in [6, 6.07) is 7.06. The average Bonchev–Trinajstić information content (AvgIpc) is 2.36. The molecular weight excluding hydrogens is 319 g/mol. The van der Waals surface area contributed by atoms with Gasteiger partial charge in [-0.3, -0.25) is 14.5 Å². The van der Waals surface area contributed by atoms with E-state index in [-0.39, 0.29) is 31.4 Å². The van der Waals surface area contributed by atoms with Crippen molar-refractivity contribution in [3.63, 3.8) is 0 Å². The number of aliphatic carboxylic acids is 1. The fourth-order valence-corrected chi connectivity index (χ4v) is 1.61. The lowest BCUT2D eigenvalue weighted by Gasteiger charge is -2.16. The van der Waals surface area contributed by atoms with Crippen molar-refractivity contribution >= 4 is 35.9 Å². The monoisotopic (exact) mass is 336 g/mol. The minimum absolute atomic E-state index is 0. The Morgan fingerprint density at radius 1 is 1.43 bits per heavy atom. The lowest BCUT2D eigenvalue weighted by atomic mass is 10.3. The number of carboxylic acids is 1. The molecule has 0 saturated heterocycles. The van der Waals surface area contributed by atoms with Crippen LogP contribution in [0.3, 0.4) is 0 Å². The fourth-order valence-electron chi connectivity index (χ4n) is 1.43. The Hall–Kier alpha value is -1.50. The first-order valence-electron chi connectivity index (χ1n) is 6.03. The third-order valence-corrected chi connectivity index (χ3v) is 2.62. The van der Waals surface area contributed by atoms with Gasteiger partial charge in [-0.15, -0.1) is 12.4 Å². The number of carboxylic acid groups (broad SMARTS) is 1. The van der Waals surface area contributed by atoms with Gasteiger partial charge < -0.3 is 15.2 Å². The smallest absolute Gasteiger partial charge is 0.322 e. The predicted octanol–water partition coefficient (Wildman–Crippen LogP) is 1.27. The molecule has 0 aliphatic heterocycles. The molecule has 0 fully saturated rings. The number of carbonyl (C=O) groups is 2. The quantitative estimate of drug-likeness (QED) is 0.747. The van der Waals surface area contributed by atoms with Crippen LogP contribution < -0.4 is 10.1 Å². The number of nitrogens with zero attached hydrogens (tertiary/aromatic N) is 1. The van der Waals surface area contributed by atoms with E-state index in [0.717, 1.165) is 0 Å². The van der Waals surface area contributed by atoms with E-state index >= 15 is 0 Å². The maximum Gasteiger partial charge on any atom is 0.322 e. The summed E-state index contributed by atoms with van der Waals surface area (Å²) < 4.78 is 5.49. The SMILES string of the molecule is CN(CCOc1cccc(Cl)c1)CC(=O)NCC(=O)O.Cl. The molecule has 0 heterocycles. The molecule has 1 amide bonds. The molecule has 0 atom stereocenters. The number of nitrogens with one attached hydrogen (secondary N) is 1. The standard InChI is InChI=1S/C13H17ClN2O4.ClH/c1-16(9-12(17)15-8-13(18)19)5-6-20-11-4-2-3-10(14)7-11;/h2-4,7H,5-6,8-9H2,1H3,(H,15,17)(H,18,19);1H. The van der Waals surface area contributed by atoms with Crippen molar-refractivity contribution in [2.75, 3.05) is 33.3 Å². The summed E-state index contributed by atoms with van der Waals surface area (Å²) in [7, 11) is 1.75. The molecule has 0 aliphatic rings. The Morgan fingerprint density at radius 3 is 2.76 bits per heavy atom. The first-order valence-corrected chi connectivity index (χ1v) is 6.40. The summed E-state index contributed by atoms with van der Waals surface area (Å²) in [5.41, 5.74) is 0. The van der Waals surface area contributed by atoms with Crippen molar-refractivity contribution < 1.29 is 19.4 Å². The Kier molecular flexibility index (Phi) is 9.53. The topological polar surface area (TPSA) is 78.9 Å². The number of hydrogen-bond donors (Lipinski definition) is 2. The number of ether oxygens (including phenoxy) is 1. The molecule has 118 valence electrons. The molecule has 1 aromatic carbocycles. The van der Waals surface area contributed by atoms with Crippen LogP contribution in [0, 0.1) is 0 Å². The molecule has 0 aliphatic carbocycles. The average molecular weight is 337 g/mol. The predicted molar refractivity (Wildman–Crippen MR) is 82.3 cm³/mol. The lowest BCUT2D eigenvalue weighted by Crippen LogP contribution is -2.38. The van der Waals surface area contributed by atoms with E-state index in [2.05, 4.69) is 5.32 Å². The highest BCUT2D eigenvalue weighted by Crippen LogP contribution is 2.16. The van der Waals surface area contributed by atoms with Gasteiger partial charge in [-0.2, -0.15) is 0 Å². The second-order valence-corrected chi connectivity index (χ2v) is 4.65. The number of carbonyl (C=O) groups excluding carboxylic acids is 1. The molecule has 0 unspecified atom stereocenters. The lowest BCUT2D eigenvalue weighted by molar-refractivity contribution is -0.138. The van der Waals surface area contributed by atoms with Crippen molar-refractivity contribution in [1.82, 2.24) is 10.2 Å². The number of likely N-dealkylation sites (N-methyl/N-ethyl adjacent to an activating group) is 1. The third kappa shape index (κ3) is 9.12. The van der Waals surface area contributed by atoms with E-state index < -0.39 is 5.97 Å². The zero-order valence-electron chi connectivity index (χ0n) is 11.5. The highest BCUT2D eigenvalue weighted by Gasteiger charge is 2.07. The van der Waals surface area contributed by atoms with Crippen LogP contribution in [0.5, 0.6) is 5.75 Å². The van der Waals surface area contributed by atoms with Crippen LogP contribution >= 0.6 is 24.0 Å². The zero-order chi connectivity index (χ0) is 15.0. The van der Waals surface area contributed by atoms with Gasteiger partial charge in [0.1, 0.15) is 18.9 Å². The van der Waals surface area contributed by atoms with E-state index in [1.54, 1.807) is 36.2 Å². The molecule has 2 N–H and O–H groups in total. The molecule has 0 bridgehead atoms. The van der Waals surface area contributed by atoms with Gasteiger partial charge in [-0.1, -0.05) is 17.7 Å². The zero-order valence-corrected chi connectivity index (χ0v) is 13.1. The first kappa shape index (κ1) is 19.5. The highest BCUT2D eigenvalue weighted by molar-refractivity contribution is 6.30. The third-order valence-electron chi connectivity index (χ3n) is 2.39. The Bertz CT molecular complexity index is 471. The van der Waals surface area contributed by atoms with Crippen LogP contribution in [0.4, 0.5) is 0 Å². The van der Waals surface area contributed by atoms with Crippen molar-refractivity contribution in [3.05, 3.63) is 29.3 Å². The summed E-state index contributed by atoms with van der Waals surface area (Å²) >= 11 is 5.82. The normalized spacial score (nSPS) is 9.86. The highest BCUT2D eigenvalue weighted by atomic mass is 35.5. The van der Waals surface area contributed by atoms with Crippen molar-refractivity contribution in [2.45, 2.75) is 0 Å². The maximum atomic E-state index is 11.4. The van der Waals surface area contributed by atoms with Crippen molar-refractivity contribution in [3.8, 4) is 5.75 Å². The van der Waals surface area contributed by atoms with E-state index in [0.29, 0.717) is 23.9 Å². The molecule has 0 aromatic heterocycles. The Labute approximate surface area is 134 Å². The minimum atomic E-state index is -1.06. The number of halogens is 2. The Morgan fingerprint density at radius 2 is 2.14 bits per heavy atom. The number of rotatable bonds is 8. The fraction of sp³-hybridized carbons (Fsp3) is 0.385. The molecule has 0 spiro atoms. The summed E-state index contributed by atoms with van der Waals surface area (Å²) in [5.74, 6) is -0.732. The molecule has 0 radical (unpaired) electrons. The second-order valence-electron chi connectivity index (χ2n) is 4.21. The molecule has 1 aromatic rings.